The lowest BCUT2D eigenvalue weighted by molar-refractivity contribution is 0.0797. The van der Waals surface area contributed by atoms with E-state index in [-0.39, 0.29) is 11.5 Å². The molecule has 0 saturated heterocycles. The molecule has 1 aromatic carbocycles. The Morgan fingerprint density at radius 1 is 1.18 bits per heavy atom. The van der Waals surface area contributed by atoms with Crippen LogP contribution in [0.15, 0.2) is 41.3 Å². The van der Waals surface area contributed by atoms with E-state index in [1.165, 1.54) is 19.3 Å². The van der Waals surface area contributed by atoms with Gasteiger partial charge in [-0.05, 0) is 24.8 Å². The molecular weight excluding hydrogens is 389 g/mol. The van der Waals surface area contributed by atoms with Gasteiger partial charge in [-0.1, -0.05) is 59.3 Å². The predicted octanol–water partition coefficient (Wildman–Crippen LogP) is 3.95. The zero-order chi connectivity index (χ0) is 15.1. The number of aromatic nitrogens is 1. The van der Waals surface area contributed by atoms with Gasteiger partial charge < -0.3 is 9.72 Å². The largest absolute Gasteiger partial charge is 0.474 e. The Hall–Kier alpha value is -1.30. The number of nitrogens with one attached hydrogen (secondary N) is 1. The van der Waals surface area contributed by atoms with Crippen LogP contribution < -0.4 is 10.2 Å². The van der Waals surface area contributed by atoms with Crippen molar-refractivity contribution in [1.29, 1.82) is 0 Å². The summed E-state index contributed by atoms with van der Waals surface area (Å²) in [5.41, 5.74) is 2.65. The number of fused-ring (bicyclic) bond motifs is 2. The minimum absolute atomic E-state index is 0.119. The molecule has 3 nitrogen and oxygen atoms in total. The standard InChI is InChI=1S/C18H18INO2/c19-15-8-4-7-12-9-13-16(21)14(11-5-2-1-3-6-11)10-20-18(13)22-17(12)15/h1-3,5-6,10,12,15,17H,4,7-9H2,(H,20,21)/t12-,15+,17+/m0/s1. The minimum Gasteiger partial charge on any atom is -0.474 e. The second-order valence-corrected chi connectivity index (χ2v) is 7.80. The van der Waals surface area contributed by atoms with Gasteiger partial charge in [0.25, 0.3) is 0 Å². The first-order chi connectivity index (χ1) is 10.7. The number of ether oxygens (including phenoxy) is 1. The van der Waals surface area contributed by atoms with Crippen LogP contribution >= 0.6 is 22.6 Å². The summed E-state index contributed by atoms with van der Waals surface area (Å²) >= 11 is 2.50. The van der Waals surface area contributed by atoms with Gasteiger partial charge in [-0.15, -0.1) is 0 Å². The SMILES string of the molecule is O=c1c(-c2ccccc2)c[nH]c2c1C[C@@H]1CCC[C@@H](I)[C@@H]1O2. The first-order valence-electron chi connectivity index (χ1n) is 7.85. The number of H-pyrrole nitrogens is 1. The van der Waals surface area contributed by atoms with Crippen molar-refractivity contribution < 1.29 is 4.74 Å². The minimum atomic E-state index is 0.119. The third-order valence-corrected chi connectivity index (χ3v) is 6.15. The molecule has 22 heavy (non-hydrogen) atoms. The molecule has 0 spiro atoms. The molecule has 4 rings (SSSR count). The second kappa shape index (κ2) is 5.72. The van der Waals surface area contributed by atoms with Crippen LogP contribution in [0.5, 0.6) is 5.88 Å². The van der Waals surface area contributed by atoms with Gasteiger partial charge in [0.1, 0.15) is 6.10 Å². The van der Waals surface area contributed by atoms with E-state index in [1.807, 2.05) is 30.3 Å². The van der Waals surface area contributed by atoms with Gasteiger partial charge in [0.2, 0.25) is 0 Å². The van der Waals surface area contributed by atoms with Crippen LogP contribution in [-0.4, -0.2) is 15.0 Å². The second-order valence-electron chi connectivity index (χ2n) is 6.20. The lowest BCUT2D eigenvalue weighted by Crippen LogP contribution is -2.44. The van der Waals surface area contributed by atoms with E-state index in [9.17, 15) is 4.79 Å². The van der Waals surface area contributed by atoms with Gasteiger partial charge in [0.15, 0.2) is 11.3 Å². The van der Waals surface area contributed by atoms with E-state index in [2.05, 4.69) is 27.6 Å². The van der Waals surface area contributed by atoms with Crippen LogP contribution in [0.2, 0.25) is 0 Å². The highest BCUT2D eigenvalue weighted by Crippen LogP contribution is 2.39. The summed E-state index contributed by atoms with van der Waals surface area (Å²) in [5.74, 6) is 1.17. The molecule has 2 aliphatic rings. The molecule has 0 unspecified atom stereocenters. The number of pyridine rings is 1. The molecule has 1 fully saturated rings. The van der Waals surface area contributed by atoms with Crippen molar-refractivity contribution >= 4 is 22.6 Å². The van der Waals surface area contributed by atoms with Gasteiger partial charge in [-0.25, -0.2) is 0 Å². The Morgan fingerprint density at radius 2 is 2.00 bits per heavy atom. The zero-order valence-electron chi connectivity index (χ0n) is 12.2. The van der Waals surface area contributed by atoms with Gasteiger partial charge in [-0.3, -0.25) is 4.79 Å². The Bertz CT molecular complexity index is 740. The van der Waals surface area contributed by atoms with Crippen LogP contribution in [0.3, 0.4) is 0 Å². The third kappa shape index (κ3) is 2.37. The highest BCUT2D eigenvalue weighted by Gasteiger charge is 2.38. The number of alkyl halides is 1. The summed E-state index contributed by atoms with van der Waals surface area (Å²) in [4.78, 5) is 16.1. The molecular formula is C18H18INO2. The van der Waals surface area contributed by atoms with Crippen LogP contribution in [0, 0.1) is 5.92 Å². The Kier molecular flexibility index (Phi) is 3.72. The topological polar surface area (TPSA) is 42.1 Å². The van der Waals surface area contributed by atoms with Crippen molar-refractivity contribution in [3.8, 4) is 17.0 Å². The van der Waals surface area contributed by atoms with Gasteiger partial charge >= 0.3 is 0 Å². The maximum absolute atomic E-state index is 12.9. The van der Waals surface area contributed by atoms with E-state index in [0.29, 0.717) is 15.7 Å². The predicted molar refractivity (Wildman–Crippen MR) is 95.8 cm³/mol. The maximum atomic E-state index is 12.9. The van der Waals surface area contributed by atoms with Crippen LogP contribution in [0.4, 0.5) is 0 Å². The third-order valence-electron chi connectivity index (χ3n) is 4.82. The van der Waals surface area contributed by atoms with E-state index < -0.39 is 0 Å². The first-order valence-corrected chi connectivity index (χ1v) is 9.09. The fourth-order valence-corrected chi connectivity index (χ4v) is 4.84. The summed E-state index contributed by atoms with van der Waals surface area (Å²) < 4.78 is 6.70. The van der Waals surface area contributed by atoms with Gasteiger partial charge in [0, 0.05) is 21.6 Å². The van der Waals surface area contributed by atoms with Crippen molar-refractivity contribution in [1.82, 2.24) is 4.98 Å². The number of aromatic amines is 1. The lowest BCUT2D eigenvalue weighted by Gasteiger charge is -2.39. The molecule has 1 aliphatic heterocycles. The summed E-state index contributed by atoms with van der Waals surface area (Å²) in [6.07, 6.45) is 6.50. The molecule has 4 heteroatoms. The smallest absolute Gasteiger partial charge is 0.198 e. The van der Waals surface area contributed by atoms with Crippen LogP contribution in [0.25, 0.3) is 11.1 Å². The molecule has 1 N–H and O–H groups in total. The molecule has 1 aliphatic carbocycles. The highest BCUT2D eigenvalue weighted by molar-refractivity contribution is 14.1. The lowest BCUT2D eigenvalue weighted by atomic mass is 9.80. The normalized spacial score (nSPS) is 26.7. The Labute approximate surface area is 143 Å². The molecule has 0 amide bonds. The van der Waals surface area contributed by atoms with E-state index in [0.717, 1.165) is 23.1 Å². The molecule has 1 aromatic heterocycles. The van der Waals surface area contributed by atoms with Crippen molar-refractivity contribution in [3.63, 3.8) is 0 Å². The number of hydrogen-bond acceptors (Lipinski definition) is 2. The van der Waals surface area contributed by atoms with Crippen LogP contribution in [0.1, 0.15) is 24.8 Å². The van der Waals surface area contributed by atoms with E-state index >= 15 is 0 Å². The number of hydrogen-bond donors (Lipinski definition) is 1. The Balaban J connectivity index is 1.76. The zero-order valence-corrected chi connectivity index (χ0v) is 14.4. The summed E-state index contributed by atoms with van der Waals surface area (Å²) in [7, 11) is 0. The molecule has 2 heterocycles. The fraction of sp³-hybridized carbons (Fsp3) is 0.389. The first kappa shape index (κ1) is 14.3. The average molecular weight is 407 g/mol. The van der Waals surface area contributed by atoms with Gasteiger partial charge in [0.05, 0.1) is 5.56 Å². The summed E-state index contributed by atoms with van der Waals surface area (Å²) in [6, 6.07) is 9.84. The number of benzene rings is 1. The highest BCUT2D eigenvalue weighted by atomic mass is 127. The van der Waals surface area contributed by atoms with Crippen molar-refractivity contribution in [2.45, 2.75) is 35.7 Å². The molecule has 1 saturated carbocycles. The Morgan fingerprint density at radius 3 is 2.82 bits per heavy atom. The van der Waals surface area contributed by atoms with Crippen molar-refractivity contribution in [2.24, 2.45) is 5.92 Å². The van der Waals surface area contributed by atoms with E-state index in [1.54, 1.807) is 6.20 Å². The fourth-order valence-electron chi connectivity index (χ4n) is 3.66. The monoisotopic (exact) mass is 407 g/mol. The summed E-state index contributed by atoms with van der Waals surface area (Å²) in [6.45, 7) is 0. The molecule has 114 valence electrons. The quantitative estimate of drug-likeness (QED) is 0.575. The molecule has 2 aromatic rings. The number of rotatable bonds is 1. The van der Waals surface area contributed by atoms with Gasteiger partial charge in [-0.2, -0.15) is 0 Å². The van der Waals surface area contributed by atoms with Crippen molar-refractivity contribution in [3.05, 3.63) is 52.3 Å². The molecule has 3 atom stereocenters. The molecule has 0 radical (unpaired) electrons. The van der Waals surface area contributed by atoms with E-state index in [4.69, 9.17) is 4.74 Å². The summed E-state index contributed by atoms with van der Waals surface area (Å²) in [5, 5.41) is 0. The molecule has 0 bridgehead atoms. The van der Waals surface area contributed by atoms with Crippen LogP contribution in [-0.2, 0) is 6.42 Å². The maximum Gasteiger partial charge on any atom is 0.198 e. The average Bonchev–Trinajstić information content (AvgIpc) is 2.55. The number of halogens is 1. The van der Waals surface area contributed by atoms with Crippen molar-refractivity contribution in [2.75, 3.05) is 0 Å².